The van der Waals surface area contributed by atoms with E-state index in [4.69, 9.17) is 4.52 Å². The summed E-state index contributed by atoms with van der Waals surface area (Å²) in [5, 5.41) is 7.61. The van der Waals surface area contributed by atoms with Crippen molar-refractivity contribution >= 4 is 0 Å². The Morgan fingerprint density at radius 2 is 2.35 bits per heavy atom. The van der Waals surface area contributed by atoms with Crippen LogP contribution < -0.4 is 5.32 Å². The molecule has 2 aliphatic heterocycles. The molecular formula is C13H21N3O. The summed E-state index contributed by atoms with van der Waals surface area (Å²) in [5.41, 5.74) is 1.32. The lowest BCUT2D eigenvalue weighted by Crippen LogP contribution is -2.43. The first-order chi connectivity index (χ1) is 8.07. The first-order valence-corrected chi connectivity index (χ1v) is 6.45. The molecule has 3 rings (SSSR count). The lowest BCUT2D eigenvalue weighted by Gasteiger charge is -2.35. The van der Waals surface area contributed by atoms with Crippen molar-refractivity contribution in [1.29, 1.82) is 0 Å². The average Bonchev–Trinajstić information content (AvgIpc) is 2.90. The fourth-order valence-corrected chi connectivity index (χ4v) is 3.46. The number of nitrogens with zero attached hydrogens (tertiary/aromatic N) is 2. The van der Waals surface area contributed by atoms with Crippen LogP contribution in [0.1, 0.15) is 25.3 Å². The van der Waals surface area contributed by atoms with Crippen LogP contribution in [0.15, 0.2) is 10.6 Å². The SMILES string of the molecule is Cc1cc(CN2CC3CNCC3C2(C)C)no1. The normalized spacial score (nSPS) is 31.9. The highest BCUT2D eigenvalue weighted by molar-refractivity contribution is 5.09. The van der Waals surface area contributed by atoms with E-state index in [0.29, 0.717) is 0 Å². The van der Waals surface area contributed by atoms with Gasteiger partial charge >= 0.3 is 0 Å². The molecule has 94 valence electrons. The smallest absolute Gasteiger partial charge is 0.133 e. The van der Waals surface area contributed by atoms with E-state index in [-0.39, 0.29) is 5.54 Å². The molecule has 2 saturated heterocycles. The number of nitrogens with one attached hydrogen (secondary N) is 1. The Hall–Kier alpha value is -0.870. The van der Waals surface area contributed by atoms with Crippen LogP contribution in [0.5, 0.6) is 0 Å². The van der Waals surface area contributed by atoms with Gasteiger partial charge in [-0.1, -0.05) is 5.16 Å². The van der Waals surface area contributed by atoms with Crippen LogP contribution in [0, 0.1) is 18.8 Å². The molecule has 0 amide bonds. The molecule has 1 aromatic rings. The summed E-state index contributed by atoms with van der Waals surface area (Å²) in [6.45, 7) is 11.1. The molecule has 3 heterocycles. The summed E-state index contributed by atoms with van der Waals surface area (Å²) in [4.78, 5) is 2.56. The van der Waals surface area contributed by atoms with E-state index in [0.717, 1.165) is 36.4 Å². The molecule has 0 bridgehead atoms. The van der Waals surface area contributed by atoms with Gasteiger partial charge in [0, 0.05) is 31.2 Å². The summed E-state index contributed by atoms with van der Waals surface area (Å²) < 4.78 is 5.15. The number of hydrogen-bond acceptors (Lipinski definition) is 4. The number of hydrogen-bond donors (Lipinski definition) is 1. The zero-order valence-corrected chi connectivity index (χ0v) is 10.9. The van der Waals surface area contributed by atoms with Gasteiger partial charge in [0.25, 0.3) is 0 Å². The van der Waals surface area contributed by atoms with Crippen molar-refractivity contribution in [3.8, 4) is 0 Å². The number of aryl methyl sites for hydroxylation is 1. The number of likely N-dealkylation sites (tertiary alicyclic amines) is 1. The Bertz CT molecular complexity index is 413. The van der Waals surface area contributed by atoms with Gasteiger partial charge in [0.2, 0.25) is 0 Å². The van der Waals surface area contributed by atoms with E-state index >= 15 is 0 Å². The molecule has 4 heteroatoms. The van der Waals surface area contributed by atoms with E-state index in [1.165, 1.54) is 13.1 Å². The summed E-state index contributed by atoms with van der Waals surface area (Å²) in [6.07, 6.45) is 0. The van der Waals surface area contributed by atoms with Gasteiger partial charge < -0.3 is 9.84 Å². The molecular weight excluding hydrogens is 214 g/mol. The molecule has 1 N–H and O–H groups in total. The molecule has 0 spiro atoms. The molecule has 0 saturated carbocycles. The average molecular weight is 235 g/mol. The van der Waals surface area contributed by atoms with Crippen molar-refractivity contribution in [2.75, 3.05) is 19.6 Å². The van der Waals surface area contributed by atoms with Crippen molar-refractivity contribution in [2.24, 2.45) is 11.8 Å². The van der Waals surface area contributed by atoms with Gasteiger partial charge in [-0.15, -0.1) is 0 Å². The Morgan fingerprint density at radius 1 is 1.53 bits per heavy atom. The topological polar surface area (TPSA) is 41.3 Å². The molecule has 2 aliphatic rings. The summed E-state index contributed by atoms with van der Waals surface area (Å²) >= 11 is 0. The molecule has 2 unspecified atom stereocenters. The minimum absolute atomic E-state index is 0.265. The van der Waals surface area contributed by atoms with Gasteiger partial charge in [0.15, 0.2) is 0 Å². The Balaban J connectivity index is 1.76. The first kappa shape index (κ1) is 11.2. The Labute approximate surface area is 102 Å². The zero-order chi connectivity index (χ0) is 12.0. The molecule has 2 fully saturated rings. The van der Waals surface area contributed by atoms with Crippen LogP contribution in [-0.2, 0) is 6.54 Å². The van der Waals surface area contributed by atoms with Gasteiger partial charge in [-0.3, -0.25) is 4.90 Å². The molecule has 1 aromatic heterocycles. The van der Waals surface area contributed by atoms with Crippen LogP contribution in [0.2, 0.25) is 0 Å². The highest BCUT2D eigenvalue weighted by Crippen LogP contribution is 2.41. The van der Waals surface area contributed by atoms with Gasteiger partial charge in [-0.05, 0) is 39.2 Å². The van der Waals surface area contributed by atoms with Crippen LogP contribution in [0.3, 0.4) is 0 Å². The minimum Gasteiger partial charge on any atom is -0.361 e. The van der Waals surface area contributed by atoms with Crippen LogP contribution in [0.4, 0.5) is 0 Å². The predicted octanol–water partition coefficient (Wildman–Crippen LogP) is 1.41. The Kier molecular flexibility index (Phi) is 2.52. The van der Waals surface area contributed by atoms with Crippen LogP contribution in [0.25, 0.3) is 0 Å². The van der Waals surface area contributed by atoms with Crippen molar-refractivity contribution in [1.82, 2.24) is 15.4 Å². The molecule has 17 heavy (non-hydrogen) atoms. The third kappa shape index (κ3) is 1.79. The van der Waals surface area contributed by atoms with Crippen molar-refractivity contribution in [3.05, 3.63) is 17.5 Å². The molecule has 0 aliphatic carbocycles. The zero-order valence-electron chi connectivity index (χ0n) is 10.9. The first-order valence-electron chi connectivity index (χ1n) is 6.45. The number of aromatic nitrogens is 1. The summed E-state index contributed by atoms with van der Waals surface area (Å²) in [5.74, 6) is 2.48. The van der Waals surface area contributed by atoms with Crippen molar-refractivity contribution < 1.29 is 4.52 Å². The molecule has 4 nitrogen and oxygen atoms in total. The second kappa shape index (κ2) is 3.82. The maximum atomic E-state index is 5.15. The Morgan fingerprint density at radius 3 is 3.00 bits per heavy atom. The molecule has 0 aromatic carbocycles. The van der Waals surface area contributed by atoms with E-state index in [1.807, 2.05) is 13.0 Å². The molecule has 2 atom stereocenters. The molecule has 0 radical (unpaired) electrons. The fraction of sp³-hybridized carbons (Fsp3) is 0.769. The van der Waals surface area contributed by atoms with Gasteiger partial charge in [0.05, 0.1) is 5.69 Å². The second-order valence-corrected chi connectivity index (χ2v) is 5.99. The van der Waals surface area contributed by atoms with Crippen molar-refractivity contribution in [3.63, 3.8) is 0 Å². The quantitative estimate of drug-likeness (QED) is 0.841. The van der Waals surface area contributed by atoms with E-state index in [2.05, 4.69) is 29.2 Å². The largest absolute Gasteiger partial charge is 0.361 e. The monoisotopic (exact) mass is 235 g/mol. The highest BCUT2D eigenvalue weighted by Gasteiger charge is 2.49. The van der Waals surface area contributed by atoms with E-state index < -0.39 is 0 Å². The minimum atomic E-state index is 0.265. The third-order valence-electron chi connectivity index (χ3n) is 4.55. The van der Waals surface area contributed by atoms with Gasteiger partial charge in [-0.2, -0.15) is 0 Å². The summed E-state index contributed by atoms with van der Waals surface area (Å²) in [6, 6.07) is 2.04. The van der Waals surface area contributed by atoms with Crippen LogP contribution >= 0.6 is 0 Å². The lowest BCUT2D eigenvalue weighted by atomic mass is 9.85. The van der Waals surface area contributed by atoms with Gasteiger partial charge in [0.1, 0.15) is 5.76 Å². The fourth-order valence-electron chi connectivity index (χ4n) is 3.46. The van der Waals surface area contributed by atoms with Gasteiger partial charge in [-0.25, -0.2) is 0 Å². The second-order valence-electron chi connectivity index (χ2n) is 5.99. The third-order valence-corrected chi connectivity index (χ3v) is 4.55. The van der Waals surface area contributed by atoms with E-state index in [1.54, 1.807) is 0 Å². The number of rotatable bonds is 2. The highest BCUT2D eigenvalue weighted by atomic mass is 16.5. The van der Waals surface area contributed by atoms with Crippen molar-refractivity contribution in [2.45, 2.75) is 32.9 Å². The van der Waals surface area contributed by atoms with Crippen LogP contribution in [-0.4, -0.2) is 35.2 Å². The maximum Gasteiger partial charge on any atom is 0.133 e. The maximum absolute atomic E-state index is 5.15. The summed E-state index contributed by atoms with van der Waals surface area (Å²) in [7, 11) is 0. The van der Waals surface area contributed by atoms with E-state index in [9.17, 15) is 0 Å². The standard InChI is InChI=1S/C13H21N3O/c1-9-4-11(15-17-9)8-16-7-10-5-14-6-12(10)13(16,2)3/h4,10,12,14H,5-8H2,1-3H3. The lowest BCUT2D eigenvalue weighted by molar-refractivity contribution is 0.129. The predicted molar refractivity (Wildman–Crippen MR) is 65.6 cm³/mol. The number of fused-ring (bicyclic) bond motifs is 1.